The molecule has 0 amide bonds. The molecule has 1 aliphatic rings. The zero-order valence-electron chi connectivity index (χ0n) is 12.5. The Morgan fingerprint density at radius 1 is 1.35 bits per heavy atom. The molecule has 3 rings (SSSR count). The third-order valence-electron chi connectivity index (χ3n) is 3.69. The number of halogens is 1. The lowest BCUT2D eigenvalue weighted by atomic mass is 10.2. The molecule has 0 saturated heterocycles. The van der Waals surface area contributed by atoms with E-state index in [0.29, 0.717) is 16.3 Å². The molecule has 0 bridgehead atoms. The fourth-order valence-corrected chi connectivity index (χ4v) is 2.37. The van der Waals surface area contributed by atoms with Crippen LogP contribution < -0.4 is 0 Å². The third-order valence-corrected chi connectivity index (χ3v) is 3.94. The van der Waals surface area contributed by atoms with Gasteiger partial charge in [0.25, 0.3) is 0 Å². The molecule has 23 heavy (non-hydrogen) atoms. The van der Waals surface area contributed by atoms with Gasteiger partial charge in [0.1, 0.15) is 11.8 Å². The van der Waals surface area contributed by atoms with Gasteiger partial charge in [0.15, 0.2) is 5.70 Å². The number of nitriles is 1. The van der Waals surface area contributed by atoms with Crippen LogP contribution in [0.25, 0.3) is 6.08 Å². The Balaban J connectivity index is 1.99. The van der Waals surface area contributed by atoms with Crippen LogP contribution in [0, 0.1) is 18.3 Å². The van der Waals surface area contributed by atoms with Crippen molar-refractivity contribution in [1.82, 2.24) is 4.57 Å². The standard InChI is InChI=1S/C17H12ClN3O2/c1-10-12(7-14(9-19)21(10)2)8-15-17(22)23-16(20-15)11-3-5-13(18)6-4-11/h3-8H,1-2H3/b15-8+. The lowest BCUT2D eigenvalue weighted by Gasteiger charge is -1.98. The van der Waals surface area contributed by atoms with Crippen molar-refractivity contribution >= 4 is 29.5 Å². The van der Waals surface area contributed by atoms with Crippen LogP contribution in [0.15, 0.2) is 41.0 Å². The molecule has 0 saturated carbocycles. The minimum Gasteiger partial charge on any atom is -0.402 e. The fraction of sp³-hybridized carbons (Fsp3) is 0.118. The second-order valence-electron chi connectivity index (χ2n) is 5.08. The van der Waals surface area contributed by atoms with E-state index in [1.807, 2.05) is 6.92 Å². The Bertz CT molecular complexity index is 899. The molecule has 6 heteroatoms. The van der Waals surface area contributed by atoms with Crippen LogP contribution >= 0.6 is 11.6 Å². The normalized spacial score (nSPS) is 15.5. The maximum atomic E-state index is 12.0. The molecule has 0 aliphatic carbocycles. The first-order valence-corrected chi connectivity index (χ1v) is 7.22. The van der Waals surface area contributed by atoms with Crippen molar-refractivity contribution < 1.29 is 9.53 Å². The van der Waals surface area contributed by atoms with Crippen LogP contribution in [-0.4, -0.2) is 16.4 Å². The van der Waals surface area contributed by atoms with Gasteiger partial charge in [-0.15, -0.1) is 0 Å². The summed E-state index contributed by atoms with van der Waals surface area (Å²) in [5.74, 6) is -0.274. The summed E-state index contributed by atoms with van der Waals surface area (Å²) in [4.78, 5) is 16.2. The minimum atomic E-state index is -0.517. The summed E-state index contributed by atoms with van der Waals surface area (Å²) in [6, 6.07) is 10.7. The molecule has 1 aliphatic heterocycles. The topological polar surface area (TPSA) is 67.4 Å². The maximum absolute atomic E-state index is 12.0. The summed E-state index contributed by atoms with van der Waals surface area (Å²) < 4.78 is 6.96. The zero-order valence-corrected chi connectivity index (χ0v) is 13.3. The zero-order chi connectivity index (χ0) is 16.6. The summed E-state index contributed by atoms with van der Waals surface area (Å²) >= 11 is 5.84. The van der Waals surface area contributed by atoms with Crippen LogP contribution in [-0.2, 0) is 16.6 Å². The second kappa shape index (κ2) is 5.75. The molecule has 2 aromatic rings. The highest BCUT2D eigenvalue weighted by atomic mass is 35.5. The van der Waals surface area contributed by atoms with Crippen molar-refractivity contribution in [2.75, 3.05) is 0 Å². The number of ether oxygens (including phenoxy) is 1. The summed E-state index contributed by atoms with van der Waals surface area (Å²) in [5, 5.41) is 9.66. The highest BCUT2D eigenvalue weighted by Crippen LogP contribution is 2.22. The molecule has 1 aromatic heterocycles. The van der Waals surface area contributed by atoms with Crippen LogP contribution in [0.4, 0.5) is 0 Å². The van der Waals surface area contributed by atoms with Gasteiger partial charge in [-0.1, -0.05) is 11.6 Å². The van der Waals surface area contributed by atoms with Crippen LogP contribution in [0.3, 0.4) is 0 Å². The number of hydrogen-bond acceptors (Lipinski definition) is 4. The average molecular weight is 326 g/mol. The van der Waals surface area contributed by atoms with Crippen LogP contribution in [0.2, 0.25) is 5.02 Å². The van der Waals surface area contributed by atoms with Crippen molar-refractivity contribution in [2.24, 2.45) is 12.0 Å². The molecule has 114 valence electrons. The summed E-state index contributed by atoms with van der Waals surface area (Å²) in [6.07, 6.45) is 1.63. The molecule has 0 N–H and O–H groups in total. The summed E-state index contributed by atoms with van der Waals surface area (Å²) in [7, 11) is 1.80. The van der Waals surface area contributed by atoms with E-state index in [2.05, 4.69) is 11.1 Å². The van der Waals surface area contributed by atoms with Gasteiger partial charge >= 0.3 is 5.97 Å². The largest absolute Gasteiger partial charge is 0.402 e. The average Bonchev–Trinajstić information content (AvgIpc) is 3.03. The van der Waals surface area contributed by atoms with Gasteiger partial charge in [0, 0.05) is 23.3 Å². The highest BCUT2D eigenvalue weighted by molar-refractivity contribution is 6.30. The third kappa shape index (κ3) is 2.77. The monoisotopic (exact) mass is 325 g/mol. The second-order valence-corrected chi connectivity index (χ2v) is 5.52. The SMILES string of the molecule is Cc1c(/C=C2/N=C(c3ccc(Cl)cc3)OC2=O)cc(C#N)n1C. The fourth-order valence-electron chi connectivity index (χ4n) is 2.25. The van der Waals surface area contributed by atoms with Gasteiger partial charge in [0.2, 0.25) is 5.90 Å². The highest BCUT2D eigenvalue weighted by Gasteiger charge is 2.24. The lowest BCUT2D eigenvalue weighted by molar-refractivity contribution is -0.129. The number of benzene rings is 1. The molecular weight excluding hydrogens is 314 g/mol. The van der Waals surface area contributed by atoms with E-state index in [-0.39, 0.29) is 11.6 Å². The minimum absolute atomic E-state index is 0.202. The number of cyclic esters (lactones) is 1. The first-order valence-electron chi connectivity index (χ1n) is 6.84. The molecule has 0 fully saturated rings. The molecule has 2 heterocycles. The molecule has 0 spiro atoms. The number of esters is 1. The Morgan fingerprint density at radius 2 is 2.04 bits per heavy atom. The van der Waals surface area contributed by atoms with Crippen molar-refractivity contribution in [3.63, 3.8) is 0 Å². The summed E-state index contributed by atoms with van der Waals surface area (Å²) in [5.41, 5.74) is 3.03. The van der Waals surface area contributed by atoms with Gasteiger partial charge in [-0.05, 0) is 48.9 Å². The van der Waals surface area contributed by atoms with Gasteiger partial charge in [-0.2, -0.15) is 5.26 Å². The number of carbonyl (C=O) groups excluding carboxylic acids is 1. The number of hydrogen-bond donors (Lipinski definition) is 0. The maximum Gasteiger partial charge on any atom is 0.363 e. The Kier molecular flexibility index (Phi) is 3.77. The van der Waals surface area contributed by atoms with Crippen molar-refractivity contribution in [3.05, 3.63) is 63.6 Å². The van der Waals surface area contributed by atoms with E-state index in [9.17, 15) is 4.79 Å². The van der Waals surface area contributed by atoms with Gasteiger partial charge < -0.3 is 9.30 Å². The predicted octanol–water partition coefficient (Wildman–Crippen LogP) is 3.20. The first kappa shape index (κ1) is 15.1. The van der Waals surface area contributed by atoms with E-state index < -0.39 is 5.97 Å². The molecule has 5 nitrogen and oxygen atoms in total. The van der Waals surface area contributed by atoms with Gasteiger partial charge in [-0.25, -0.2) is 9.79 Å². The molecule has 1 aromatic carbocycles. The Hall–Kier alpha value is -2.84. The van der Waals surface area contributed by atoms with E-state index in [1.165, 1.54) is 0 Å². The lowest BCUT2D eigenvalue weighted by Crippen LogP contribution is -2.05. The van der Waals surface area contributed by atoms with Crippen LogP contribution in [0.5, 0.6) is 0 Å². The summed E-state index contributed by atoms with van der Waals surface area (Å²) in [6.45, 7) is 1.87. The molecule has 0 radical (unpaired) electrons. The van der Waals surface area contributed by atoms with E-state index in [4.69, 9.17) is 21.6 Å². The van der Waals surface area contributed by atoms with Crippen LogP contribution in [0.1, 0.15) is 22.5 Å². The number of aromatic nitrogens is 1. The van der Waals surface area contributed by atoms with Crippen molar-refractivity contribution in [2.45, 2.75) is 6.92 Å². The Labute approximate surface area is 138 Å². The van der Waals surface area contributed by atoms with E-state index >= 15 is 0 Å². The smallest absolute Gasteiger partial charge is 0.363 e. The van der Waals surface area contributed by atoms with E-state index in [1.54, 1.807) is 48.0 Å². The van der Waals surface area contributed by atoms with Gasteiger partial charge in [-0.3, -0.25) is 0 Å². The number of rotatable bonds is 2. The quantitative estimate of drug-likeness (QED) is 0.629. The van der Waals surface area contributed by atoms with E-state index in [0.717, 1.165) is 11.3 Å². The van der Waals surface area contributed by atoms with Crippen molar-refractivity contribution in [1.29, 1.82) is 5.26 Å². The predicted molar refractivity (Wildman–Crippen MR) is 86.9 cm³/mol. The number of carbonyl (C=O) groups is 1. The van der Waals surface area contributed by atoms with Gasteiger partial charge in [0.05, 0.1) is 0 Å². The van der Waals surface area contributed by atoms with Crippen molar-refractivity contribution in [3.8, 4) is 6.07 Å². The molecule has 0 atom stereocenters. The number of aliphatic imine (C=N–C) groups is 1. The number of nitrogens with zero attached hydrogens (tertiary/aromatic N) is 3. The first-order chi connectivity index (χ1) is 11.0. The molecule has 0 unspecified atom stereocenters. The molecular formula is C17H12ClN3O2. The Morgan fingerprint density at radius 3 is 2.65 bits per heavy atom.